The molecule has 0 bridgehead atoms. The molecule has 3 aromatic rings. The van der Waals surface area contributed by atoms with Gasteiger partial charge < -0.3 is 14.3 Å². The number of hydrogen-bond acceptors (Lipinski definition) is 4. The molecule has 2 aromatic carbocycles. The zero-order valence-corrected chi connectivity index (χ0v) is 17.5. The molecule has 4 rings (SSSR count). The van der Waals surface area contributed by atoms with E-state index >= 15 is 0 Å². The van der Waals surface area contributed by atoms with Gasteiger partial charge in [0.25, 0.3) is 5.91 Å². The number of hydrogen-bond donors (Lipinski definition) is 0. The lowest BCUT2D eigenvalue weighted by molar-refractivity contribution is 0.0693. The summed E-state index contributed by atoms with van der Waals surface area (Å²) in [6, 6.07) is 20.1. The van der Waals surface area contributed by atoms with E-state index in [0.29, 0.717) is 23.8 Å². The second kappa shape index (κ2) is 9.72. The van der Waals surface area contributed by atoms with Gasteiger partial charge in [0.05, 0.1) is 6.20 Å². The molecule has 0 saturated carbocycles. The summed E-state index contributed by atoms with van der Waals surface area (Å²) < 4.78 is 5.49. The van der Waals surface area contributed by atoms with Gasteiger partial charge in [0.1, 0.15) is 5.56 Å². The number of carbonyl (C=O) groups is 1. The standard InChI is InChI=1S/C25H29N3O2/c1-27-15-8-11-21(18-27)19-28(16-14-20-9-4-2-5-10-20)25(29)23-17-26-30-24(23)22-12-6-3-7-13-22/h2-7,9-10,12-13,17,21H,8,11,14-16,18-19H2,1H3. The smallest absolute Gasteiger partial charge is 0.259 e. The van der Waals surface area contributed by atoms with Crippen LogP contribution in [0.15, 0.2) is 71.4 Å². The van der Waals surface area contributed by atoms with E-state index in [4.69, 9.17) is 4.52 Å². The Morgan fingerprint density at radius 2 is 1.87 bits per heavy atom. The average molecular weight is 404 g/mol. The van der Waals surface area contributed by atoms with Crippen LogP contribution in [0, 0.1) is 5.92 Å². The second-order valence-electron chi connectivity index (χ2n) is 8.19. The highest BCUT2D eigenvalue weighted by Gasteiger charge is 2.27. The van der Waals surface area contributed by atoms with Gasteiger partial charge in [-0.25, -0.2) is 0 Å². The predicted molar refractivity (Wildman–Crippen MR) is 118 cm³/mol. The van der Waals surface area contributed by atoms with Crippen molar-refractivity contribution < 1.29 is 9.32 Å². The molecule has 5 heteroatoms. The van der Waals surface area contributed by atoms with Gasteiger partial charge in [-0.15, -0.1) is 0 Å². The third-order valence-electron chi connectivity index (χ3n) is 5.84. The van der Waals surface area contributed by atoms with E-state index < -0.39 is 0 Å². The van der Waals surface area contributed by atoms with Crippen LogP contribution >= 0.6 is 0 Å². The number of aromatic nitrogens is 1. The Morgan fingerprint density at radius 1 is 1.13 bits per heavy atom. The van der Waals surface area contributed by atoms with Crippen LogP contribution in [0.3, 0.4) is 0 Å². The fourth-order valence-electron chi connectivity index (χ4n) is 4.28. The fraction of sp³-hybridized carbons (Fsp3) is 0.360. The Labute approximate surface area is 178 Å². The van der Waals surface area contributed by atoms with Gasteiger partial charge >= 0.3 is 0 Å². The van der Waals surface area contributed by atoms with Crippen molar-refractivity contribution in [3.8, 4) is 11.3 Å². The van der Waals surface area contributed by atoms with Gasteiger partial charge in [-0.2, -0.15) is 0 Å². The number of piperidine rings is 1. The van der Waals surface area contributed by atoms with Gasteiger partial charge in [-0.1, -0.05) is 65.8 Å². The maximum atomic E-state index is 13.6. The zero-order valence-electron chi connectivity index (χ0n) is 17.5. The molecular weight excluding hydrogens is 374 g/mol. The Bertz CT molecular complexity index is 939. The van der Waals surface area contributed by atoms with Gasteiger partial charge in [0, 0.05) is 25.2 Å². The van der Waals surface area contributed by atoms with Crippen molar-refractivity contribution in [1.29, 1.82) is 0 Å². The average Bonchev–Trinajstić information content (AvgIpc) is 3.27. The Kier molecular flexibility index (Phi) is 6.60. The number of rotatable bonds is 7. The minimum atomic E-state index is -0.000685. The van der Waals surface area contributed by atoms with Crippen LogP contribution < -0.4 is 0 Å². The van der Waals surface area contributed by atoms with Crippen LogP contribution in [0.25, 0.3) is 11.3 Å². The van der Waals surface area contributed by atoms with Gasteiger partial charge in [-0.05, 0) is 44.3 Å². The molecule has 1 aromatic heterocycles. The van der Waals surface area contributed by atoms with Crippen LogP contribution in [0.1, 0.15) is 28.8 Å². The Hall–Kier alpha value is -2.92. The van der Waals surface area contributed by atoms with Crippen LogP contribution in [-0.2, 0) is 6.42 Å². The molecule has 0 radical (unpaired) electrons. The molecule has 1 atom stereocenters. The summed E-state index contributed by atoms with van der Waals surface area (Å²) in [5.41, 5.74) is 2.65. The summed E-state index contributed by atoms with van der Waals surface area (Å²) >= 11 is 0. The molecule has 5 nitrogen and oxygen atoms in total. The summed E-state index contributed by atoms with van der Waals surface area (Å²) in [7, 11) is 2.16. The molecule has 0 spiro atoms. The van der Waals surface area contributed by atoms with Crippen molar-refractivity contribution in [3.05, 3.63) is 78.0 Å². The number of benzene rings is 2. The molecule has 1 aliphatic heterocycles. The molecule has 0 N–H and O–H groups in total. The lowest BCUT2D eigenvalue weighted by Crippen LogP contribution is -2.42. The highest BCUT2D eigenvalue weighted by Crippen LogP contribution is 2.26. The van der Waals surface area contributed by atoms with Gasteiger partial charge in [0.15, 0.2) is 5.76 Å². The largest absolute Gasteiger partial charge is 0.355 e. The number of carbonyl (C=O) groups excluding carboxylic acids is 1. The quantitative estimate of drug-likeness (QED) is 0.588. The van der Waals surface area contributed by atoms with Crippen molar-refractivity contribution in [1.82, 2.24) is 15.0 Å². The summed E-state index contributed by atoms with van der Waals surface area (Å²) in [6.07, 6.45) is 4.74. The lowest BCUT2D eigenvalue weighted by Gasteiger charge is -2.34. The van der Waals surface area contributed by atoms with Crippen molar-refractivity contribution in [3.63, 3.8) is 0 Å². The first kappa shape index (κ1) is 20.4. The van der Waals surface area contributed by atoms with Gasteiger partial charge in [0.2, 0.25) is 0 Å². The van der Waals surface area contributed by atoms with E-state index in [-0.39, 0.29) is 5.91 Å². The van der Waals surface area contributed by atoms with E-state index in [1.165, 1.54) is 12.0 Å². The third-order valence-corrected chi connectivity index (χ3v) is 5.84. The van der Waals surface area contributed by atoms with Crippen LogP contribution in [0.4, 0.5) is 0 Å². The first-order chi connectivity index (χ1) is 14.7. The number of nitrogens with zero attached hydrogens (tertiary/aromatic N) is 3. The minimum absolute atomic E-state index is 0.000685. The van der Waals surface area contributed by atoms with Crippen LogP contribution in [0.5, 0.6) is 0 Å². The predicted octanol–water partition coefficient (Wildman–Crippen LogP) is 4.37. The fourth-order valence-corrected chi connectivity index (χ4v) is 4.28. The number of likely N-dealkylation sites (tertiary alicyclic amines) is 1. The van der Waals surface area contributed by atoms with Crippen molar-refractivity contribution >= 4 is 5.91 Å². The summed E-state index contributed by atoms with van der Waals surface area (Å²) in [6.45, 7) is 3.61. The van der Waals surface area contributed by atoms with Crippen LogP contribution in [-0.4, -0.2) is 54.1 Å². The summed E-state index contributed by atoms with van der Waals surface area (Å²) in [5.74, 6) is 1.04. The first-order valence-electron chi connectivity index (χ1n) is 10.7. The molecule has 30 heavy (non-hydrogen) atoms. The molecule has 1 saturated heterocycles. The van der Waals surface area contributed by atoms with Crippen molar-refractivity contribution in [2.75, 3.05) is 33.2 Å². The van der Waals surface area contributed by atoms with E-state index in [0.717, 1.165) is 38.0 Å². The van der Waals surface area contributed by atoms with E-state index in [2.05, 4.69) is 29.2 Å². The Balaban J connectivity index is 1.55. The van der Waals surface area contributed by atoms with Gasteiger partial charge in [-0.3, -0.25) is 4.79 Å². The van der Waals surface area contributed by atoms with Crippen molar-refractivity contribution in [2.24, 2.45) is 5.92 Å². The molecule has 1 unspecified atom stereocenters. The topological polar surface area (TPSA) is 49.6 Å². The summed E-state index contributed by atoms with van der Waals surface area (Å²) in [4.78, 5) is 17.9. The molecular formula is C25H29N3O2. The molecule has 1 aliphatic rings. The van der Waals surface area contributed by atoms with Crippen LogP contribution in [0.2, 0.25) is 0 Å². The van der Waals surface area contributed by atoms with E-state index in [9.17, 15) is 4.79 Å². The second-order valence-corrected chi connectivity index (χ2v) is 8.19. The van der Waals surface area contributed by atoms with Crippen molar-refractivity contribution in [2.45, 2.75) is 19.3 Å². The monoisotopic (exact) mass is 403 g/mol. The zero-order chi connectivity index (χ0) is 20.8. The molecule has 0 aliphatic carbocycles. The Morgan fingerprint density at radius 3 is 2.60 bits per heavy atom. The molecule has 1 amide bonds. The highest BCUT2D eigenvalue weighted by atomic mass is 16.5. The molecule has 2 heterocycles. The van der Waals surface area contributed by atoms with E-state index in [1.807, 2.05) is 53.4 Å². The maximum Gasteiger partial charge on any atom is 0.259 e. The molecule has 156 valence electrons. The van der Waals surface area contributed by atoms with E-state index in [1.54, 1.807) is 6.20 Å². The normalized spacial score (nSPS) is 17.0. The SMILES string of the molecule is CN1CCCC(CN(CCc2ccccc2)C(=O)c2cnoc2-c2ccccc2)C1. The lowest BCUT2D eigenvalue weighted by atomic mass is 9.97. The first-order valence-corrected chi connectivity index (χ1v) is 10.7. The number of amides is 1. The summed E-state index contributed by atoms with van der Waals surface area (Å²) in [5, 5.41) is 3.95. The highest BCUT2D eigenvalue weighted by molar-refractivity contribution is 5.99. The molecule has 1 fully saturated rings. The minimum Gasteiger partial charge on any atom is -0.355 e. The third kappa shape index (κ3) is 4.97. The maximum absolute atomic E-state index is 13.6.